The average molecular weight is 392 g/mol. The fourth-order valence-corrected chi connectivity index (χ4v) is 5.59. The van der Waals surface area contributed by atoms with E-state index < -0.39 is 10.0 Å². The van der Waals surface area contributed by atoms with Gasteiger partial charge in [-0.3, -0.25) is 0 Å². The van der Waals surface area contributed by atoms with Gasteiger partial charge in [-0.15, -0.1) is 11.3 Å². The van der Waals surface area contributed by atoms with Crippen LogP contribution in [0.3, 0.4) is 0 Å². The summed E-state index contributed by atoms with van der Waals surface area (Å²) in [4.78, 5) is 0. The van der Waals surface area contributed by atoms with Crippen molar-refractivity contribution in [2.24, 2.45) is 0 Å². The molecule has 0 amide bonds. The van der Waals surface area contributed by atoms with Gasteiger partial charge >= 0.3 is 0 Å². The maximum Gasteiger partial charge on any atom is 0.252 e. The molecule has 1 aromatic carbocycles. The lowest BCUT2D eigenvalue weighted by Crippen LogP contribution is -2.41. The molecule has 1 saturated heterocycles. The highest BCUT2D eigenvalue weighted by atomic mass is 35.5. The van der Waals surface area contributed by atoms with E-state index in [0.29, 0.717) is 45.9 Å². The number of hydrogen-bond donors (Lipinski definition) is 0. The number of benzene rings is 1. The average Bonchev–Trinajstić information content (AvgIpc) is 3.07. The van der Waals surface area contributed by atoms with E-state index in [1.165, 1.54) is 15.6 Å². The number of piperidine rings is 1. The summed E-state index contributed by atoms with van der Waals surface area (Å²) < 4.78 is 32.7. The van der Waals surface area contributed by atoms with Crippen molar-refractivity contribution in [2.45, 2.75) is 23.2 Å². The van der Waals surface area contributed by atoms with E-state index in [-0.39, 0.29) is 6.10 Å². The van der Waals surface area contributed by atoms with E-state index in [9.17, 15) is 8.42 Å². The van der Waals surface area contributed by atoms with Crippen molar-refractivity contribution >= 4 is 44.6 Å². The predicted octanol–water partition coefficient (Wildman–Crippen LogP) is 4.29. The first-order chi connectivity index (χ1) is 11.0. The summed E-state index contributed by atoms with van der Waals surface area (Å²) in [6.07, 6.45) is 1.11. The molecular formula is C15H15Cl2NO3S2. The molecule has 0 saturated carbocycles. The van der Waals surface area contributed by atoms with Crippen molar-refractivity contribution in [3.05, 3.63) is 45.8 Å². The van der Waals surface area contributed by atoms with Crippen LogP contribution < -0.4 is 4.74 Å². The van der Waals surface area contributed by atoms with Gasteiger partial charge in [0, 0.05) is 13.1 Å². The van der Waals surface area contributed by atoms with Crippen LogP contribution >= 0.6 is 34.5 Å². The summed E-state index contributed by atoms with van der Waals surface area (Å²) in [5.74, 6) is 0.468. The van der Waals surface area contributed by atoms with Crippen LogP contribution in [-0.4, -0.2) is 31.9 Å². The molecule has 8 heteroatoms. The van der Waals surface area contributed by atoms with Crippen LogP contribution in [0.5, 0.6) is 5.75 Å². The van der Waals surface area contributed by atoms with Gasteiger partial charge in [0.1, 0.15) is 10.3 Å². The molecular weight excluding hydrogens is 377 g/mol. The Bertz CT molecular complexity index is 750. The molecule has 124 valence electrons. The van der Waals surface area contributed by atoms with Gasteiger partial charge in [-0.25, -0.2) is 8.42 Å². The Kier molecular flexibility index (Phi) is 5.18. The van der Waals surface area contributed by atoms with Gasteiger partial charge in [0.05, 0.1) is 10.0 Å². The van der Waals surface area contributed by atoms with Gasteiger partial charge in [-0.2, -0.15) is 4.31 Å². The molecule has 23 heavy (non-hydrogen) atoms. The van der Waals surface area contributed by atoms with Gasteiger partial charge in [0.25, 0.3) is 10.0 Å². The Balaban J connectivity index is 1.65. The van der Waals surface area contributed by atoms with E-state index in [4.69, 9.17) is 27.9 Å². The molecule has 0 N–H and O–H groups in total. The zero-order valence-electron chi connectivity index (χ0n) is 12.1. The first kappa shape index (κ1) is 17.0. The Morgan fingerprint density at radius 3 is 2.30 bits per heavy atom. The number of ether oxygens (including phenoxy) is 1. The monoisotopic (exact) mass is 391 g/mol. The summed E-state index contributed by atoms with van der Waals surface area (Å²) in [7, 11) is -3.39. The van der Waals surface area contributed by atoms with Crippen molar-refractivity contribution in [2.75, 3.05) is 13.1 Å². The van der Waals surface area contributed by atoms with Gasteiger partial charge in [-0.1, -0.05) is 35.3 Å². The predicted molar refractivity (Wildman–Crippen MR) is 93.2 cm³/mol. The molecule has 0 unspecified atom stereocenters. The normalized spacial score (nSPS) is 17.3. The second kappa shape index (κ2) is 6.99. The maximum atomic E-state index is 12.5. The molecule has 4 nitrogen and oxygen atoms in total. The van der Waals surface area contributed by atoms with Crippen molar-refractivity contribution in [1.29, 1.82) is 0 Å². The van der Waals surface area contributed by atoms with Crippen LogP contribution in [0.1, 0.15) is 12.8 Å². The van der Waals surface area contributed by atoms with Crippen LogP contribution in [0.25, 0.3) is 0 Å². The van der Waals surface area contributed by atoms with Crippen molar-refractivity contribution in [1.82, 2.24) is 4.31 Å². The highest BCUT2D eigenvalue weighted by Crippen LogP contribution is 2.35. The summed E-state index contributed by atoms with van der Waals surface area (Å²) in [6.45, 7) is 0.847. The van der Waals surface area contributed by atoms with Crippen molar-refractivity contribution < 1.29 is 13.2 Å². The topological polar surface area (TPSA) is 46.6 Å². The van der Waals surface area contributed by atoms with E-state index in [1.807, 2.05) is 0 Å². The molecule has 0 spiro atoms. The van der Waals surface area contributed by atoms with Crippen molar-refractivity contribution in [3.63, 3.8) is 0 Å². The highest BCUT2D eigenvalue weighted by molar-refractivity contribution is 7.91. The van der Waals surface area contributed by atoms with E-state index in [2.05, 4.69) is 0 Å². The lowest BCUT2D eigenvalue weighted by molar-refractivity contribution is 0.135. The molecule has 2 heterocycles. The fourth-order valence-electron chi connectivity index (χ4n) is 2.49. The zero-order valence-corrected chi connectivity index (χ0v) is 15.3. The number of para-hydroxylation sites is 1. The largest absolute Gasteiger partial charge is 0.487 e. The minimum Gasteiger partial charge on any atom is -0.487 e. The van der Waals surface area contributed by atoms with Gasteiger partial charge in [0.15, 0.2) is 5.75 Å². The molecule has 3 rings (SSSR count). The zero-order chi connectivity index (χ0) is 16.4. The number of sulfonamides is 1. The Morgan fingerprint density at radius 1 is 1.09 bits per heavy atom. The molecule has 1 fully saturated rings. The fraction of sp³-hybridized carbons (Fsp3) is 0.333. The Hall–Kier alpha value is -0.790. The summed E-state index contributed by atoms with van der Waals surface area (Å²) >= 11 is 13.4. The third-order valence-electron chi connectivity index (χ3n) is 3.69. The third-order valence-corrected chi connectivity index (χ3v) is 7.56. The van der Waals surface area contributed by atoms with E-state index >= 15 is 0 Å². The summed E-state index contributed by atoms with van der Waals surface area (Å²) in [5.41, 5.74) is 0. The SMILES string of the molecule is O=S(=O)(c1cccs1)N1CCC(Oc2c(Cl)cccc2Cl)CC1. The maximum absolute atomic E-state index is 12.5. The van der Waals surface area contributed by atoms with E-state index in [1.54, 1.807) is 35.7 Å². The minimum absolute atomic E-state index is 0.0952. The Labute approximate surface area is 149 Å². The van der Waals surface area contributed by atoms with Crippen LogP contribution in [0.2, 0.25) is 10.0 Å². The number of nitrogens with zero attached hydrogens (tertiary/aromatic N) is 1. The van der Waals surface area contributed by atoms with Crippen molar-refractivity contribution in [3.8, 4) is 5.75 Å². The highest BCUT2D eigenvalue weighted by Gasteiger charge is 2.31. The quantitative estimate of drug-likeness (QED) is 0.780. The summed E-state index contributed by atoms with van der Waals surface area (Å²) in [6, 6.07) is 8.57. The molecule has 1 aliphatic rings. The first-order valence-corrected chi connectivity index (χ1v) is 10.2. The second-order valence-electron chi connectivity index (χ2n) is 5.20. The molecule has 0 atom stereocenters. The standard InChI is InChI=1S/C15H15Cl2NO3S2/c16-12-3-1-4-13(17)15(12)21-11-6-8-18(9-7-11)23(19,20)14-5-2-10-22-14/h1-5,10-11H,6-9H2. The minimum atomic E-state index is -3.39. The number of thiophene rings is 1. The molecule has 2 aromatic rings. The molecule has 0 bridgehead atoms. The lowest BCUT2D eigenvalue weighted by atomic mass is 10.1. The summed E-state index contributed by atoms with van der Waals surface area (Å²) in [5, 5.41) is 2.69. The number of halogens is 2. The van der Waals surface area contributed by atoms with Gasteiger partial charge in [0.2, 0.25) is 0 Å². The Morgan fingerprint density at radius 2 is 1.74 bits per heavy atom. The van der Waals surface area contributed by atoms with Crippen LogP contribution in [0.15, 0.2) is 39.9 Å². The molecule has 0 aliphatic carbocycles. The molecule has 0 radical (unpaired) electrons. The molecule has 1 aliphatic heterocycles. The van der Waals surface area contributed by atoms with Crippen LogP contribution in [-0.2, 0) is 10.0 Å². The second-order valence-corrected chi connectivity index (χ2v) is 9.13. The van der Waals surface area contributed by atoms with E-state index in [0.717, 1.165) is 0 Å². The number of rotatable bonds is 4. The third kappa shape index (κ3) is 3.67. The van der Waals surface area contributed by atoms with Gasteiger partial charge in [-0.05, 0) is 36.4 Å². The van der Waals surface area contributed by atoms with Gasteiger partial charge < -0.3 is 4.74 Å². The number of hydrogen-bond acceptors (Lipinski definition) is 4. The lowest BCUT2D eigenvalue weighted by Gasteiger charge is -2.31. The van der Waals surface area contributed by atoms with Crippen LogP contribution in [0.4, 0.5) is 0 Å². The first-order valence-electron chi connectivity index (χ1n) is 7.13. The smallest absolute Gasteiger partial charge is 0.252 e. The molecule has 1 aromatic heterocycles. The van der Waals surface area contributed by atoms with Crippen LogP contribution in [0, 0.1) is 0 Å².